The average molecular weight is 468 g/mol. The highest BCUT2D eigenvalue weighted by Gasteiger charge is 2.15. The van der Waals surface area contributed by atoms with Gasteiger partial charge in [0.1, 0.15) is 5.75 Å². The summed E-state index contributed by atoms with van der Waals surface area (Å²) < 4.78 is 3.32. The maximum absolute atomic E-state index is 13.4. The van der Waals surface area contributed by atoms with Crippen LogP contribution in [0.5, 0.6) is 5.75 Å². The Balaban J connectivity index is 1.47. The second-order valence-corrected chi connectivity index (χ2v) is 8.32. The number of nitrogens with zero attached hydrogens (tertiary/aromatic N) is 6. The summed E-state index contributed by atoms with van der Waals surface area (Å²) >= 11 is 0. The number of nitrogens with one attached hydrogen (secondary N) is 1. The Kier molecular flexibility index (Phi) is 6.21. The van der Waals surface area contributed by atoms with Gasteiger partial charge in [0.25, 0.3) is 0 Å². The standard InChI is InChI=1S/C26H25N7O2/c1-2-3-6-20-17-33(23-7-4-5-8-24(23)34)26(35)32(20)16-18-9-11-19(12-10-18)21-13-14-27-15-22(21)25-28-30-31-29-25/h4-5,7-15,17,34H,2-3,6,16H2,1H3,(H,28,29,30,31). The first-order valence-electron chi connectivity index (χ1n) is 11.5. The zero-order chi connectivity index (χ0) is 24.2. The summed E-state index contributed by atoms with van der Waals surface area (Å²) in [7, 11) is 0. The second kappa shape index (κ2) is 9.76. The number of pyridine rings is 1. The van der Waals surface area contributed by atoms with Gasteiger partial charge in [0, 0.05) is 29.8 Å². The number of hydrogen-bond donors (Lipinski definition) is 2. The number of aryl methyl sites for hydroxylation is 1. The first kappa shape index (κ1) is 22.3. The highest BCUT2D eigenvalue weighted by atomic mass is 16.3. The molecule has 0 unspecified atom stereocenters. The van der Waals surface area contributed by atoms with Gasteiger partial charge in [0.05, 0.1) is 12.2 Å². The number of benzene rings is 2. The molecular formula is C26H25N7O2. The lowest BCUT2D eigenvalue weighted by Gasteiger charge is -2.10. The Morgan fingerprint density at radius 3 is 2.60 bits per heavy atom. The quantitative estimate of drug-likeness (QED) is 0.357. The third-order valence-corrected chi connectivity index (χ3v) is 6.02. The molecule has 0 aliphatic carbocycles. The minimum atomic E-state index is -0.170. The van der Waals surface area contributed by atoms with Crippen LogP contribution in [0.25, 0.3) is 28.2 Å². The lowest BCUT2D eigenvalue weighted by atomic mass is 10.00. The maximum atomic E-state index is 13.4. The van der Waals surface area contributed by atoms with Crippen LogP contribution in [-0.4, -0.2) is 39.8 Å². The molecule has 0 aliphatic heterocycles. The largest absolute Gasteiger partial charge is 0.506 e. The molecule has 2 aromatic carbocycles. The first-order chi connectivity index (χ1) is 17.2. The van der Waals surface area contributed by atoms with Crippen LogP contribution in [0.4, 0.5) is 0 Å². The number of H-pyrrole nitrogens is 1. The second-order valence-electron chi connectivity index (χ2n) is 8.32. The van der Waals surface area contributed by atoms with Crippen molar-refractivity contribution in [1.82, 2.24) is 34.7 Å². The number of aromatic amines is 1. The predicted molar refractivity (Wildman–Crippen MR) is 132 cm³/mol. The monoisotopic (exact) mass is 467 g/mol. The summed E-state index contributed by atoms with van der Waals surface area (Å²) in [5.41, 5.74) is 5.01. The Morgan fingerprint density at radius 2 is 1.86 bits per heavy atom. The van der Waals surface area contributed by atoms with E-state index in [-0.39, 0.29) is 11.4 Å². The molecule has 9 heteroatoms. The van der Waals surface area contributed by atoms with E-state index < -0.39 is 0 Å². The smallest absolute Gasteiger partial charge is 0.333 e. The zero-order valence-electron chi connectivity index (χ0n) is 19.3. The summed E-state index contributed by atoms with van der Waals surface area (Å²) in [4.78, 5) is 17.6. The molecule has 0 saturated heterocycles. The number of aromatic hydroxyl groups is 1. The summed E-state index contributed by atoms with van der Waals surface area (Å²) in [6.45, 7) is 2.57. The summed E-state index contributed by atoms with van der Waals surface area (Å²) in [5, 5.41) is 24.4. The highest BCUT2D eigenvalue weighted by Crippen LogP contribution is 2.29. The van der Waals surface area contributed by atoms with Crippen LogP contribution in [0, 0.1) is 0 Å². The fourth-order valence-electron chi connectivity index (χ4n) is 4.17. The van der Waals surface area contributed by atoms with E-state index in [1.807, 2.05) is 42.6 Å². The molecule has 0 saturated carbocycles. The van der Waals surface area contributed by atoms with Crippen molar-refractivity contribution in [3.8, 4) is 34.0 Å². The molecule has 5 aromatic rings. The van der Waals surface area contributed by atoms with Crippen molar-refractivity contribution in [3.05, 3.63) is 94.9 Å². The van der Waals surface area contributed by atoms with Gasteiger partial charge in [-0.3, -0.25) is 14.1 Å². The number of aromatic nitrogens is 7. The Bertz CT molecular complexity index is 1490. The van der Waals surface area contributed by atoms with E-state index in [2.05, 4.69) is 32.5 Å². The van der Waals surface area contributed by atoms with Gasteiger partial charge in [-0.15, -0.1) is 5.10 Å². The molecule has 0 atom stereocenters. The van der Waals surface area contributed by atoms with Gasteiger partial charge in [-0.05, 0) is 58.2 Å². The Labute approximate surface area is 201 Å². The minimum absolute atomic E-state index is 0.0771. The third kappa shape index (κ3) is 4.48. The molecular weight excluding hydrogens is 442 g/mol. The normalized spacial score (nSPS) is 11.1. The van der Waals surface area contributed by atoms with Crippen molar-refractivity contribution in [2.24, 2.45) is 0 Å². The lowest BCUT2D eigenvalue weighted by molar-refractivity contribution is 0.471. The van der Waals surface area contributed by atoms with Gasteiger partial charge in [0.15, 0.2) is 5.82 Å². The summed E-state index contributed by atoms with van der Waals surface area (Å²) in [5.74, 6) is 0.628. The van der Waals surface area contributed by atoms with E-state index in [0.717, 1.165) is 47.2 Å². The molecule has 0 fully saturated rings. The van der Waals surface area contributed by atoms with E-state index in [1.165, 1.54) is 4.57 Å². The van der Waals surface area contributed by atoms with Crippen LogP contribution in [0.15, 0.2) is 78.0 Å². The number of imidazole rings is 1. The average Bonchev–Trinajstić information content (AvgIpc) is 3.53. The number of tetrazole rings is 1. The number of hydrogen-bond acceptors (Lipinski definition) is 6. The van der Waals surface area contributed by atoms with Crippen molar-refractivity contribution in [3.63, 3.8) is 0 Å². The van der Waals surface area contributed by atoms with Crippen molar-refractivity contribution >= 4 is 0 Å². The molecule has 0 aliphatic rings. The fraction of sp³-hybridized carbons (Fsp3) is 0.192. The molecule has 0 amide bonds. The highest BCUT2D eigenvalue weighted by molar-refractivity contribution is 5.79. The van der Waals surface area contributed by atoms with Gasteiger partial charge in [-0.25, -0.2) is 9.89 Å². The van der Waals surface area contributed by atoms with E-state index >= 15 is 0 Å². The molecule has 0 radical (unpaired) electrons. The molecule has 3 aromatic heterocycles. The molecule has 35 heavy (non-hydrogen) atoms. The van der Waals surface area contributed by atoms with Gasteiger partial charge in [0.2, 0.25) is 0 Å². The van der Waals surface area contributed by atoms with E-state index in [0.29, 0.717) is 18.1 Å². The van der Waals surface area contributed by atoms with Crippen LogP contribution < -0.4 is 5.69 Å². The molecule has 9 nitrogen and oxygen atoms in total. The van der Waals surface area contributed by atoms with E-state index in [4.69, 9.17) is 0 Å². The molecule has 0 bridgehead atoms. The van der Waals surface area contributed by atoms with Gasteiger partial charge in [-0.2, -0.15) is 0 Å². The Morgan fingerprint density at radius 1 is 1.03 bits per heavy atom. The van der Waals surface area contributed by atoms with Crippen LogP contribution in [0.2, 0.25) is 0 Å². The minimum Gasteiger partial charge on any atom is -0.506 e. The van der Waals surface area contributed by atoms with Crippen LogP contribution in [-0.2, 0) is 13.0 Å². The van der Waals surface area contributed by atoms with E-state index in [9.17, 15) is 9.90 Å². The van der Waals surface area contributed by atoms with Crippen LogP contribution in [0.1, 0.15) is 31.0 Å². The summed E-state index contributed by atoms with van der Waals surface area (Å²) in [6, 6.07) is 16.9. The summed E-state index contributed by atoms with van der Waals surface area (Å²) in [6.07, 6.45) is 8.10. The lowest BCUT2D eigenvalue weighted by Crippen LogP contribution is -2.24. The maximum Gasteiger partial charge on any atom is 0.333 e. The topological polar surface area (TPSA) is 115 Å². The molecule has 3 heterocycles. The molecule has 2 N–H and O–H groups in total. The van der Waals surface area contributed by atoms with Crippen LogP contribution in [0.3, 0.4) is 0 Å². The van der Waals surface area contributed by atoms with Gasteiger partial charge < -0.3 is 5.11 Å². The molecule has 5 rings (SSSR count). The Hall–Kier alpha value is -4.53. The van der Waals surface area contributed by atoms with Crippen molar-refractivity contribution < 1.29 is 5.11 Å². The third-order valence-electron chi connectivity index (χ3n) is 6.02. The SMILES string of the molecule is CCCCc1cn(-c2ccccc2O)c(=O)n1Cc1ccc(-c2ccncc2-c2nnn[nH]2)cc1. The van der Waals surface area contributed by atoms with Gasteiger partial charge in [-0.1, -0.05) is 49.7 Å². The van der Waals surface area contributed by atoms with Crippen molar-refractivity contribution in [2.45, 2.75) is 32.7 Å². The van der Waals surface area contributed by atoms with Crippen molar-refractivity contribution in [1.29, 1.82) is 0 Å². The number of phenols is 1. The predicted octanol–water partition coefficient (Wildman–Crippen LogP) is 3.98. The van der Waals surface area contributed by atoms with Crippen molar-refractivity contribution in [2.75, 3.05) is 0 Å². The zero-order valence-corrected chi connectivity index (χ0v) is 19.3. The number of para-hydroxylation sites is 2. The number of unbranched alkanes of at least 4 members (excludes halogenated alkanes) is 1. The van der Waals surface area contributed by atoms with Gasteiger partial charge >= 0.3 is 5.69 Å². The number of phenolic OH excluding ortho intramolecular Hbond substituents is 1. The van der Waals surface area contributed by atoms with Crippen LogP contribution >= 0.6 is 0 Å². The number of rotatable bonds is 8. The molecule has 0 spiro atoms. The molecule has 176 valence electrons. The van der Waals surface area contributed by atoms with E-state index in [1.54, 1.807) is 35.2 Å². The first-order valence-corrected chi connectivity index (χ1v) is 11.5. The fourth-order valence-corrected chi connectivity index (χ4v) is 4.17.